The molecule has 0 saturated carbocycles. The van der Waals surface area contributed by atoms with Crippen LogP contribution < -0.4 is 16.4 Å². The van der Waals surface area contributed by atoms with Crippen LogP contribution in [0.4, 0.5) is 11.4 Å². The van der Waals surface area contributed by atoms with Crippen molar-refractivity contribution in [1.82, 2.24) is 0 Å². The van der Waals surface area contributed by atoms with Crippen molar-refractivity contribution in [1.29, 1.82) is 0 Å². The van der Waals surface area contributed by atoms with Gasteiger partial charge in [-0.2, -0.15) is 4.89 Å². The summed E-state index contributed by atoms with van der Waals surface area (Å²) in [6.07, 6.45) is 0. The number of nitrogen functional groups attached to an aromatic ring is 2. The average molecular weight is 198 g/mol. The summed E-state index contributed by atoms with van der Waals surface area (Å²) < 4.78 is 0. The molecule has 0 aromatic heterocycles. The average Bonchev–Trinajstić information content (AvgIpc) is 2.14. The Labute approximate surface area is 82.2 Å². The van der Waals surface area contributed by atoms with Crippen LogP contribution in [-0.4, -0.2) is 18.3 Å². The van der Waals surface area contributed by atoms with Gasteiger partial charge in [0.1, 0.15) is 6.61 Å². The SMILES string of the molecule is Cc1cc(OOCCO)c(N)cc1N. The van der Waals surface area contributed by atoms with Gasteiger partial charge < -0.3 is 21.5 Å². The molecule has 0 radical (unpaired) electrons. The standard InChI is InChI=1S/C9H14N2O3/c1-6-4-9(14-13-3-2-12)8(11)5-7(6)10/h4-5,12H,2-3,10-11H2,1H3. The predicted octanol–water partition coefficient (Wildman–Crippen LogP) is 0.462. The van der Waals surface area contributed by atoms with Gasteiger partial charge in [-0.05, 0) is 24.6 Å². The molecule has 0 aliphatic carbocycles. The highest BCUT2D eigenvalue weighted by Gasteiger charge is 2.04. The van der Waals surface area contributed by atoms with Crippen LogP contribution in [0.15, 0.2) is 12.1 Å². The largest absolute Gasteiger partial charge is 0.398 e. The first-order valence-electron chi connectivity index (χ1n) is 4.21. The smallest absolute Gasteiger partial charge is 0.188 e. The van der Waals surface area contributed by atoms with Crippen molar-refractivity contribution in [2.24, 2.45) is 0 Å². The summed E-state index contributed by atoms with van der Waals surface area (Å²) in [5, 5.41) is 8.46. The van der Waals surface area contributed by atoms with E-state index in [-0.39, 0.29) is 13.2 Å². The van der Waals surface area contributed by atoms with Crippen molar-refractivity contribution < 1.29 is 14.9 Å². The summed E-state index contributed by atoms with van der Waals surface area (Å²) in [5.74, 6) is 0.408. The number of aliphatic hydroxyl groups is 1. The molecule has 5 nitrogen and oxygen atoms in total. The van der Waals surface area contributed by atoms with Crippen LogP contribution in [0.25, 0.3) is 0 Å². The van der Waals surface area contributed by atoms with Crippen LogP contribution in [0, 0.1) is 6.92 Å². The Bertz CT molecular complexity index is 315. The Balaban J connectivity index is 2.72. The van der Waals surface area contributed by atoms with Gasteiger partial charge >= 0.3 is 0 Å². The van der Waals surface area contributed by atoms with Crippen molar-refractivity contribution in [2.75, 3.05) is 24.7 Å². The molecule has 0 bridgehead atoms. The van der Waals surface area contributed by atoms with Gasteiger partial charge in [0.25, 0.3) is 0 Å². The molecule has 1 aromatic carbocycles. The molecule has 0 saturated heterocycles. The van der Waals surface area contributed by atoms with Gasteiger partial charge in [-0.15, -0.1) is 0 Å². The molecule has 5 N–H and O–H groups in total. The first-order valence-corrected chi connectivity index (χ1v) is 4.21. The lowest BCUT2D eigenvalue weighted by Crippen LogP contribution is -2.05. The summed E-state index contributed by atoms with van der Waals surface area (Å²) >= 11 is 0. The van der Waals surface area contributed by atoms with Crippen LogP contribution in [-0.2, 0) is 4.89 Å². The number of hydrogen-bond donors (Lipinski definition) is 3. The molecule has 0 spiro atoms. The Morgan fingerprint density at radius 1 is 1.29 bits per heavy atom. The van der Waals surface area contributed by atoms with E-state index in [0.717, 1.165) is 5.56 Å². The highest BCUT2D eigenvalue weighted by Crippen LogP contribution is 2.27. The number of anilines is 2. The zero-order chi connectivity index (χ0) is 10.6. The Morgan fingerprint density at radius 3 is 2.64 bits per heavy atom. The maximum Gasteiger partial charge on any atom is 0.188 e. The monoisotopic (exact) mass is 198 g/mol. The van der Waals surface area contributed by atoms with E-state index in [1.165, 1.54) is 0 Å². The fourth-order valence-electron chi connectivity index (χ4n) is 0.930. The Hall–Kier alpha value is -1.46. The van der Waals surface area contributed by atoms with Gasteiger partial charge in [0, 0.05) is 5.69 Å². The van der Waals surface area contributed by atoms with Crippen molar-refractivity contribution in [3.8, 4) is 5.75 Å². The number of nitrogens with two attached hydrogens (primary N) is 2. The number of rotatable bonds is 4. The summed E-state index contributed by atoms with van der Waals surface area (Å²) in [4.78, 5) is 9.55. The second kappa shape index (κ2) is 4.69. The third kappa shape index (κ3) is 2.51. The van der Waals surface area contributed by atoms with E-state index in [2.05, 4.69) is 4.89 Å². The van der Waals surface area contributed by atoms with E-state index < -0.39 is 0 Å². The summed E-state index contributed by atoms with van der Waals surface area (Å²) in [5.41, 5.74) is 13.1. The Morgan fingerprint density at radius 2 is 2.00 bits per heavy atom. The number of benzene rings is 1. The van der Waals surface area contributed by atoms with Crippen molar-refractivity contribution in [3.05, 3.63) is 17.7 Å². The maximum absolute atomic E-state index is 8.46. The minimum absolute atomic E-state index is 0.100. The van der Waals surface area contributed by atoms with Crippen molar-refractivity contribution in [3.63, 3.8) is 0 Å². The van der Waals surface area contributed by atoms with Gasteiger partial charge in [0.05, 0.1) is 12.3 Å². The molecule has 1 rings (SSSR count). The highest BCUT2D eigenvalue weighted by molar-refractivity contribution is 5.64. The molecule has 0 atom stereocenters. The quantitative estimate of drug-likeness (QED) is 0.283. The van der Waals surface area contributed by atoms with E-state index in [1.807, 2.05) is 6.92 Å². The lowest BCUT2D eigenvalue weighted by atomic mass is 10.2. The zero-order valence-electron chi connectivity index (χ0n) is 7.99. The molecule has 5 heteroatoms. The Kier molecular flexibility index (Phi) is 3.55. The van der Waals surface area contributed by atoms with Crippen molar-refractivity contribution in [2.45, 2.75) is 6.92 Å². The molecule has 0 heterocycles. The second-order valence-corrected chi connectivity index (χ2v) is 2.88. The second-order valence-electron chi connectivity index (χ2n) is 2.88. The predicted molar refractivity (Wildman–Crippen MR) is 53.7 cm³/mol. The van der Waals surface area contributed by atoms with E-state index in [1.54, 1.807) is 12.1 Å². The van der Waals surface area contributed by atoms with Gasteiger partial charge in [-0.25, -0.2) is 0 Å². The van der Waals surface area contributed by atoms with E-state index >= 15 is 0 Å². The fraction of sp³-hybridized carbons (Fsp3) is 0.333. The topological polar surface area (TPSA) is 90.7 Å². The third-order valence-electron chi connectivity index (χ3n) is 1.72. The minimum Gasteiger partial charge on any atom is -0.398 e. The lowest BCUT2D eigenvalue weighted by molar-refractivity contribution is -0.211. The summed E-state index contributed by atoms with van der Waals surface area (Å²) in [6, 6.07) is 3.29. The zero-order valence-corrected chi connectivity index (χ0v) is 7.99. The number of aliphatic hydroxyl groups excluding tert-OH is 1. The maximum atomic E-state index is 8.46. The van der Waals surface area contributed by atoms with Crippen molar-refractivity contribution >= 4 is 11.4 Å². The molecular weight excluding hydrogens is 184 g/mol. The van der Waals surface area contributed by atoms with Crippen LogP contribution in [0.2, 0.25) is 0 Å². The molecule has 1 aromatic rings. The molecule has 78 valence electrons. The molecule has 14 heavy (non-hydrogen) atoms. The van der Waals surface area contributed by atoms with Gasteiger partial charge in [-0.3, -0.25) is 0 Å². The van der Waals surface area contributed by atoms with E-state index in [4.69, 9.17) is 21.5 Å². The van der Waals surface area contributed by atoms with Crippen LogP contribution >= 0.6 is 0 Å². The molecular formula is C9H14N2O3. The fourth-order valence-corrected chi connectivity index (χ4v) is 0.930. The lowest BCUT2D eigenvalue weighted by Gasteiger charge is -2.08. The summed E-state index contributed by atoms with van der Waals surface area (Å²) in [7, 11) is 0. The number of hydrogen-bond acceptors (Lipinski definition) is 5. The summed E-state index contributed by atoms with van der Waals surface area (Å²) in [6.45, 7) is 1.84. The number of aryl methyl sites for hydroxylation is 1. The molecule has 0 amide bonds. The first-order chi connectivity index (χ1) is 6.65. The first kappa shape index (κ1) is 10.6. The highest BCUT2D eigenvalue weighted by atomic mass is 17.2. The van der Waals surface area contributed by atoms with Crippen LogP contribution in [0.5, 0.6) is 5.75 Å². The van der Waals surface area contributed by atoms with Gasteiger partial charge in [0.15, 0.2) is 5.75 Å². The molecule has 0 aliphatic heterocycles. The van der Waals surface area contributed by atoms with Crippen LogP contribution in [0.3, 0.4) is 0 Å². The van der Waals surface area contributed by atoms with E-state index in [0.29, 0.717) is 17.1 Å². The normalized spacial score (nSPS) is 10.1. The molecule has 0 aliphatic rings. The van der Waals surface area contributed by atoms with Gasteiger partial charge in [0.2, 0.25) is 0 Å². The molecule has 0 unspecified atom stereocenters. The van der Waals surface area contributed by atoms with Gasteiger partial charge in [-0.1, -0.05) is 0 Å². The van der Waals surface area contributed by atoms with Crippen LogP contribution in [0.1, 0.15) is 5.56 Å². The van der Waals surface area contributed by atoms with E-state index in [9.17, 15) is 0 Å². The minimum atomic E-state index is -0.103. The molecule has 0 fully saturated rings. The third-order valence-corrected chi connectivity index (χ3v) is 1.72.